The number of alkyl halides is 3. The number of amidine groups is 1. The number of rotatable bonds is 4. The normalized spacial score (nSPS) is 12.4. The van der Waals surface area contributed by atoms with Gasteiger partial charge < -0.3 is 10.5 Å². The van der Waals surface area contributed by atoms with Crippen LogP contribution in [0.4, 0.5) is 18.9 Å². The number of halogens is 3. The first-order chi connectivity index (χ1) is 11.9. The van der Waals surface area contributed by atoms with Crippen molar-refractivity contribution in [3.63, 3.8) is 0 Å². The van der Waals surface area contributed by atoms with Gasteiger partial charge in [0.15, 0.2) is 5.84 Å². The van der Waals surface area contributed by atoms with Gasteiger partial charge in [-0.25, -0.2) is 4.99 Å². The van der Waals surface area contributed by atoms with Crippen molar-refractivity contribution in [2.45, 2.75) is 6.36 Å². The van der Waals surface area contributed by atoms with E-state index in [1.807, 2.05) is 18.2 Å². The van der Waals surface area contributed by atoms with Gasteiger partial charge in [-0.15, -0.1) is 13.2 Å². The molecule has 128 valence electrons. The number of hydrogen-bond acceptors (Lipinski definition) is 4. The molecule has 1 heterocycles. The monoisotopic (exact) mass is 363 g/mol. The van der Waals surface area contributed by atoms with Crippen LogP contribution in [0.1, 0.15) is 11.3 Å². The minimum Gasteiger partial charge on any atom is -0.406 e. The number of fused-ring (bicyclic) bond motifs is 1. The van der Waals surface area contributed by atoms with Crippen molar-refractivity contribution in [1.29, 1.82) is 0 Å². The lowest BCUT2D eigenvalue weighted by molar-refractivity contribution is -0.274. The van der Waals surface area contributed by atoms with Crippen LogP contribution in [0.3, 0.4) is 0 Å². The van der Waals surface area contributed by atoms with Gasteiger partial charge in [-0.2, -0.15) is 4.37 Å². The maximum absolute atomic E-state index is 12.2. The van der Waals surface area contributed by atoms with E-state index in [1.165, 1.54) is 35.8 Å². The largest absolute Gasteiger partial charge is 0.573 e. The van der Waals surface area contributed by atoms with Crippen LogP contribution in [-0.2, 0) is 0 Å². The summed E-state index contributed by atoms with van der Waals surface area (Å²) in [6.07, 6.45) is -2.99. The zero-order valence-electron chi connectivity index (χ0n) is 12.7. The zero-order chi connectivity index (χ0) is 18.0. The number of ether oxygens (including phenoxy) is 1. The SMILES string of the molecule is C=Cc1ccc2c(/C(N)=N/c3ccc(OC(F)(F)F)cc3)nsc2c1. The molecule has 2 aromatic carbocycles. The summed E-state index contributed by atoms with van der Waals surface area (Å²) in [5.74, 6) is -0.136. The van der Waals surface area contributed by atoms with Gasteiger partial charge in [0.2, 0.25) is 0 Å². The highest BCUT2D eigenvalue weighted by Gasteiger charge is 2.30. The van der Waals surface area contributed by atoms with Crippen molar-refractivity contribution in [2.24, 2.45) is 10.7 Å². The van der Waals surface area contributed by atoms with Crippen LogP contribution in [-0.4, -0.2) is 16.6 Å². The average molecular weight is 363 g/mol. The summed E-state index contributed by atoms with van der Waals surface area (Å²) in [6, 6.07) is 10.8. The van der Waals surface area contributed by atoms with Crippen molar-refractivity contribution in [3.05, 3.63) is 60.3 Å². The second-order valence-electron chi connectivity index (χ2n) is 5.03. The summed E-state index contributed by atoms with van der Waals surface area (Å²) >= 11 is 1.29. The van der Waals surface area contributed by atoms with E-state index in [4.69, 9.17) is 5.73 Å². The minimum absolute atomic E-state index is 0.182. The predicted molar refractivity (Wildman–Crippen MR) is 93.2 cm³/mol. The highest BCUT2D eigenvalue weighted by molar-refractivity contribution is 7.13. The molecule has 3 aromatic rings. The van der Waals surface area contributed by atoms with Crippen LogP contribution in [0, 0.1) is 0 Å². The van der Waals surface area contributed by atoms with E-state index in [1.54, 1.807) is 6.08 Å². The quantitative estimate of drug-likeness (QED) is 0.531. The molecule has 0 bridgehead atoms. The third kappa shape index (κ3) is 3.97. The number of aromatic nitrogens is 1. The number of nitrogens with zero attached hydrogens (tertiary/aromatic N) is 2. The van der Waals surface area contributed by atoms with Gasteiger partial charge in [-0.1, -0.05) is 24.8 Å². The molecular formula is C17H12F3N3OS. The molecule has 8 heteroatoms. The molecule has 2 N–H and O–H groups in total. The third-order valence-corrected chi connectivity index (χ3v) is 4.10. The molecule has 0 unspecified atom stereocenters. The van der Waals surface area contributed by atoms with E-state index < -0.39 is 6.36 Å². The van der Waals surface area contributed by atoms with E-state index >= 15 is 0 Å². The van der Waals surface area contributed by atoms with E-state index in [0.717, 1.165) is 15.6 Å². The second-order valence-corrected chi connectivity index (χ2v) is 5.83. The van der Waals surface area contributed by atoms with E-state index in [0.29, 0.717) is 11.4 Å². The Labute approximate surface area is 145 Å². The van der Waals surface area contributed by atoms with Gasteiger partial charge in [0.1, 0.15) is 11.4 Å². The molecule has 0 atom stereocenters. The Hall–Kier alpha value is -2.87. The number of hydrogen-bond donors (Lipinski definition) is 1. The Kier molecular flexibility index (Phi) is 4.45. The minimum atomic E-state index is -4.73. The lowest BCUT2D eigenvalue weighted by Crippen LogP contribution is -2.17. The van der Waals surface area contributed by atoms with Crippen LogP contribution in [0.25, 0.3) is 16.2 Å². The Morgan fingerprint density at radius 3 is 2.56 bits per heavy atom. The Morgan fingerprint density at radius 2 is 1.92 bits per heavy atom. The molecule has 3 rings (SSSR count). The fourth-order valence-electron chi connectivity index (χ4n) is 2.18. The maximum atomic E-state index is 12.2. The van der Waals surface area contributed by atoms with Crippen LogP contribution in [0.5, 0.6) is 5.75 Å². The summed E-state index contributed by atoms with van der Waals surface area (Å²) in [5.41, 5.74) is 7.91. The first kappa shape index (κ1) is 17.0. The highest BCUT2D eigenvalue weighted by Crippen LogP contribution is 2.27. The molecule has 0 saturated heterocycles. The Morgan fingerprint density at radius 1 is 1.20 bits per heavy atom. The molecule has 0 saturated carbocycles. The van der Waals surface area contributed by atoms with Gasteiger partial charge in [0, 0.05) is 5.39 Å². The first-order valence-electron chi connectivity index (χ1n) is 7.08. The molecule has 1 aromatic heterocycles. The summed E-state index contributed by atoms with van der Waals surface area (Å²) in [6.45, 7) is 3.72. The fourth-order valence-corrected chi connectivity index (χ4v) is 3.01. The molecule has 0 radical (unpaired) electrons. The summed E-state index contributed by atoms with van der Waals surface area (Å²) in [7, 11) is 0. The smallest absolute Gasteiger partial charge is 0.406 e. The topological polar surface area (TPSA) is 60.5 Å². The summed E-state index contributed by atoms with van der Waals surface area (Å²) < 4.78 is 45.5. The number of aliphatic imine (C=N–C) groups is 1. The molecule has 0 aliphatic carbocycles. The highest BCUT2D eigenvalue weighted by atomic mass is 32.1. The lowest BCUT2D eigenvalue weighted by Gasteiger charge is -2.08. The van der Waals surface area contributed by atoms with Gasteiger partial charge in [-0.05, 0) is 47.4 Å². The van der Waals surface area contributed by atoms with Crippen molar-refractivity contribution in [3.8, 4) is 5.75 Å². The van der Waals surface area contributed by atoms with Gasteiger partial charge in [-0.3, -0.25) is 0 Å². The second kappa shape index (κ2) is 6.56. The average Bonchev–Trinajstić information content (AvgIpc) is 2.98. The molecule has 0 amide bonds. The number of benzene rings is 2. The van der Waals surface area contributed by atoms with Gasteiger partial charge in [0.05, 0.1) is 10.4 Å². The van der Waals surface area contributed by atoms with Crippen molar-refractivity contribution in [1.82, 2.24) is 4.37 Å². The van der Waals surface area contributed by atoms with Crippen LogP contribution >= 0.6 is 11.5 Å². The maximum Gasteiger partial charge on any atom is 0.573 e. The fraction of sp³-hybridized carbons (Fsp3) is 0.0588. The molecule has 0 aliphatic heterocycles. The van der Waals surface area contributed by atoms with Gasteiger partial charge in [0.25, 0.3) is 0 Å². The van der Waals surface area contributed by atoms with Gasteiger partial charge >= 0.3 is 6.36 Å². The van der Waals surface area contributed by atoms with Crippen LogP contribution in [0.2, 0.25) is 0 Å². The van der Waals surface area contributed by atoms with Crippen molar-refractivity contribution >= 4 is 39.2 Å². The molecule has 0 aliphatic rings. The Balaban J connectivity index is 1.87. The molecule has 0 spiro atoms. The predicted octanol–water partition coefficient (Wildman–Crippen LogP) is 4.87. The van der Waals surface area contributed by atoms with Crippen molar-refractivity contribution in [2.75, 3.05) is 0 Å². The Bertz CT molecular complexity index is 946. The van der Waals surface area contributed by atoms with Crippen molar-refractivity contribution < 1.29 is 17.9 Å². The standard InChI is InChI=1S/C17H12F3N3OS/c1-2-10-3-8-13-14(9-10)25-23-15(13)16(21)22-11-4-6-12(7-5-11)24-17(18,19)20/h2-9H,1H2,(H2,21,22). The van der Waals surface area contributed by atoms with E-state index in [9.17, 15) is 13.2 Å². The summed E-state index contributed by atoms with van der Waals surface area (Å²) in [5, 5.41) is 0.855. The lowest BCUT2D eigenvalue weighted by atomic mass is 10.1. The van der Waals surface area contributed by atoms with Crippen LogP contribution in [0.15, 0.2) is 54.0 Å². The zero-order valence-corrected chi connectivity index (χ0v) is 13.6. The molecule has 0 fully saturated rings. The van der Waals surface area contributed by atoms with E-state index in [-0.39, 0.29) is 11.6 Å². The summed E-state index contributed by atoms with van der Waals surface area (Å²) in [4.78, 5) is 4.21. The van der Waals surface area contributed by atoms with Crippen LogP contribution < -0.4 is 10.5 Å². The molecule has 25 heavy (non-hydrogen) atoms. The molecule has 4 nitrogen and oxygen atoms in total. The first-order valence-corrected chi connectivity index (χ1v) is 7.85. The third-order valence-electron chi connectivity index (χ3n) is 3.29. The van der Waals surface area contributed by atoms with E-state index in [2.05, 4.69) is 20.7 Å². The number of nitrogens with two attached hydrogens (primary N) is 1. The molecular weight excluding hydrogens is 351 g/mol.